The summed E-state index contributed by atoms with van der Waals surface area (Å²) < 4.78 is 5.48. The highest BCUT2D eigenvalue weighted by Crippen LogP contribution is 2.35. The van der Waals surface area contributed by atoms with Gasteiger partial charge in [0.2, 0.25) is 5.88 Å². The molecule has 140 valence electrons. The van der Waals surface area contributed by atoms with Crippen LogP contribution in [-0.2, 0) is 0 Å². The van der Waals surface area contributed by atoms with E-state index >= 15 is 0 Å². The molecule has 0 spiro atoms. The van der Waals surface area contributed by atoms with E-state index in [9.17, 15) is 9.90 Å². The van der Waals surface area contributed by atoms with Gasteiger partial charge in [-0.2, -0.15) is 5.10 Å². The topological polar surface area (TPSA) is 116 Å². The number of carbonyl (C=O) groups excluding carboxylic acids is 1. The van der Waals surface area contributed by atoms with Crippen molar-refractivity contribution in [2.24, 2.45) is 10.2 Å². The van der Waals surface area contributed by atoms with Crippen LogP contribution >= 0.6 is 0 Å². The zero-order valence-electron chi connectivity index (χ0n) is 15.0. The molecule has 4 aromatic rings. The maximum Gasteiger partial charge on any atom is 0.313 e. The van der Waals surface area contributed by atoms with Crippen LogP contribution in [0.25, 0.3) is 22.2 Å². The van der Waals surface area contributed by atoms with Crippen molar-refractivity contribution < 1.29 is 14.6 Å². The molecule has 28 heavy (non-hydrogen) atoms. The molecule has 1 amide bonds. The van der Waals surface area contributed by atoms with Gasteiger partial charge in [-0.1, -0.05) is 30.3 Å². The predicted octanol–water partition coefficient (Wildman–Crippen LogP) is 4.59. The maximum absolute atomic E-state index is 12.4. The lowest BCUT2D eigenvalue weighted by Crippen LogP contribution is -1.93. The van der Waals surface area contributed by atoms with Crippen LogP contribution in [0.1, 0.15) is 17.4 Å². The highest BCUT2D eigenvalue weighted by Gasteiger charge is 2.13. The number of para-hydroxylation sites is 1. The number of benzene rings is 2. The van der Waals surface area contributed by atoms with E-state index in [-0.39, 0.29) is 17.3 Å². The number of nitrogens with zero attached hydrogens (tertiary/aromatic N) is 3. The van der Waals surface area contributed by atoms with Gasteiger partial charge in [-0.15, -0.1) is 10.2 Å². The number of azo groups is 1. The number of carbonyl (C=O) groups is 1. The maximum atomic E-state index is 12.4. The van der Waals surface area contributed by atoms with E-state index in [1.54, 1.807) is 18.2 Å². The molecule has 0 radical (unpaired) electrons. The van der Waals surface area contributed by atoms with Gasteiger partial charge in [0.25, 0.3) is 0 Å². The molecule has 0 aliphatic carbocycles. The van der Waals surface area contributed by atoms with Crippen molar-refractivity contribution in [1.82, 2.24) is 15.2 Å². The van der Waals surface area contributed by atoms with Gasteiger partial charge in [0.05, 0.1) is 17.8 Å². The fraction of sp³-hybridized carbons (Fsp3) is 0.100. The Hall–Kier alpha value is -3.94. The molecule has 0 fully saturated rings. The number of H-pyrrole nitrogens is 2. The molecule has 0 saturated carbocycles. The van der Waals surface area contributed by atoms with E-state index in [0.29, 0.717) is 23.2 Å². The van der Waals surface area contributed by atoms with Crippen LogP contribution in [0.15, 0.2) is 64.8 Å². The van der Waals surface area contributed by atoms with E-state index in [0.717, 1.165) is 11.3 Å². The lowest BCUT2D eigenvalue weighted by atomic mass is 10.1. The molecule has 0 bridgehead atoms. The summed E-state index contributed by atoms with van der Waals surface area (Å²) >= 11 is 0. The molecule has 0 unspecified atom stereocenters. The van der Waals surface area contributed by atoms with Gasteiger partial charge < -0.3 is 14.8 Å². The smallest absolute Gasteiger partial charge is 0.313 e. The number of ether oxygens (including phenoxy) is 1. The Kier molecular flexibility index (Phi) is 4.59. The van der Waals surface area contributed by atoms with Crippen molar-refractivity contribution >= 4 is 22.5 Å². The zero-order valence-corrected chi connectivity index (χ0v) is 15.0. The van der Waals surface area contributed by atoms with Crippen LogP contribution in [0.4, 0.5) is 5.69 Å². The summed E-state index contributed by atoms with van der Waals surface area (Å²) in [5.74, 6) is -0.00874. The van der Waals surface area contributed by atoms with Crippen LogP contribution in [0.2, 0.25) is 0 Å². The monoisotopic (exact) mass is 375 g/mol. The molecule has 8 nitrogen and oxygen atoms in total. The molecule has 8 heteroatoms. The van der Waals surface area contributed by atoms with Crippen molar-refractivity contribution in [1.29, 1.82) is 0 Å². The van der Waals surface area contributed by atoms with Gasteiger partial charge in [0, 0.05) is 10.9 Å². The van der Waals surface area contributed by atoms with Crippen molar-refractivity contribution in [3.63, 3.8) is 0 Å². The Labute approximate surface area is 159 Å². The fourth-order valence-electron chi connectivity index (χ4n) is 2.85. The lowest BCUT2D eigenvalue weighted by Gasteiger charge is -2.03. The van der Waals surface area contributed by atoms with Gasteiger partial charge in [-0.25, -0.2) is 0 Å². The number of aromatic nitrogens is 3. The second-order valence-electron chi connectivity index (χ2n) is 6.00. The number of nitrogens with one attached hydrogen (secondary N) is 2. The summed E-state index contributed by atoms with van der Waals surface area (Å²) in [4.78, 5) is 15.1. The lowest BCUT2D eigenvalue weighted by molar-refractivity contribution is 0.0990. The third-order valence-electron chi connectivity index (χ3n) is 4.15. The van der Waals surface area contributed by atoms with E-state index in [1.807, 2.05) is 43.3 Å². The first kappa shape index (κ1) is 17.5. The number of aromatic hydroxyl groups is 1. The van der Waals surface area contributed by atoms with Gasteiger partial charge in [-0.05, 0) is 31.2 Å². The molecule has 0 aliphatic heterocycles. The minimum Gasteiger partial charge on any atom is -0.494 e. The molecule has 0 saturated heterocycles. The largest absolute Gasteiger partial charge is 0.494 e. The molecule has 0 aliphatic rings. The van der Waals surface area contributed by atoms with E-state index in [2.05, 4.69) is 25.4 Å². The van der Waals surface area contributed by atoms with Crippen molar-refractivity contribution in [3.8, 4) is 22.9 Å². The minimum atomic E-state index is -0.593. The Morgan fingerprint density at radius 3 is 2.89 bits per heavy atom. The predicted molar refractivity (Wildman–Crippen MR) is 104 cm³/mol. The quantitative estimate of drug-likeness (QED) is 0.442. The average Bonchev–Trinajstić information content (AvgIpc) is 3.31. The van der Waals surface area contributed by atoms with Crippen molar-refractivity contribution in [2.45, 2.75) is 6.92 Å². The number of fused-ring (bicyclic) bond motifs is 1. The summed E-state index contributed by atoms with van der Waals surface area (Å²) in [6.45, 7) is 2.48. The Balaban J connectivity index is 1.57. The third kappa shape index (κ3) is 3.35. The van der Waals surface area contributed by atoms with Crippen molar-refractivity contribution in [2.75, 3.05) is 6.61 Å². The molecule has 3 N–H and O–H groups in total. The molecule has 0 atom stereocenters. The van der Waals surface area contributed by atoms with E-state index in [4.69, 9.17) is 4.74 Å². The zero-order chi connectivity index (χ0) is 19.5. The number of hydrogen-bond donors (Lipinski definition) is 3. The second kappa shape index (κ2) is 7.36. The Bertz CT molecular complexity index is 1180. The molecule has 2 aromatic heterocycles. The van der Waals surface area contributed by atoms with Crippen LogP contribution in [0.3, 0.4) is 0 Å². The van der Waals surface area contributed by atoms with Crippen LogP contribution in [0.5, 0.6) is 11.6 Å². The van der Waals surface area contributed by atoms with E-state index < -0.39 is 5.91 Å². The first-order chi connectivity index (χ1) is 13.7. The molecule has 2 heterocycles. The van der Waals surface area contributed by atoms with Crippen molar-refractivity contribution in [3.05, 3.63) is 60.3 Å². The molecular formula is C20H17N5O3. The molecule has 4 rings (SSSR count). The summed E-state index contributed by atoms with van der Waals surface area (Å²) in [5.41, 5.74) is 2.52. The summed E-state index contributed by atoms with van der Waals surface area (Å²) in [7, 11) is 0. The number of rotatable bonds is 5. The summed E-state index contributed by atoms with van der Waals surface area (Å²) in [6, 6.07) is 16.3. The normalized spacial score (nSPS) is 11.3. The van der Waals surface area contributed by atoms with Crippen LogP contribution < -0.4 is 4.74 Å². The van der Waals surface area contributed by atoms with Gasteiger partial charge >= 0.3 is 5.91 Å². The van der Waals surface area contributed by atoms with Gasteiger partial charge in [-0.3, -0.25) is 9.89 Å². The van der Waals surface area contributed by atoms with Gasteiger partial charge in [0.15, 0.2) is 5.69 Å². The summed E-state index contributed by atoms with van der Waals surface area (Å²) in [6.07, 6.45) is 0. The third-order valence-corrected chi connectivity index (χ3v) is 4.15. The Morgan fingerprint density at radius 2 is 2.04 bits per heavy atom. The van der Waals surface area contributed by atoms with Crippen LogP contribution in [0, 0.1) is 0 Å². The first-order valence-electron chi connectivity index (χ1n) is 8.70. The highest BCUT2D eigenvalue weighted by atomic mass is 16.5. The Morgan fingerprint density at radius 1 is 1.18 bits per heavy atom. The molecular weight excluding hydrogens is 358 g/mol. The number of amides is 1. The van der Waals surface area contributed by atoms with Gasteiger partial charge in [0.1, 0.15) is 11.4 Å². The minimum absolute atomic E-state index is 0.143. The van der Waals surface area contributed by atoms with Crippen LogP contribution in [-0.4, -0.2) is 32.8 Å². The fourth-order valence-corrected chi connectivity index (χ4v) is 2.85. The second-order valence-corrected chi connectivity index (χ2v) is 6.00. The molecule has 2 aromatic carbocycles. The number of aromatic amines is 2. The first-order valence-corrected chi connectivity index (χ1v) is 8.70. The average molecular weight is 375 g/mol. The number of hydrogen-bond acceptors (Lipinski definition) is 5. The summed E-state index contributed by atoms with van der Waals surface area (Å²) in [5, 5.41) is 25.1. The SMILES string of the molecule is CCOc1cccc(-c2cc(C(=O)N=Nc3c(O)[nH]c4ccccc34)[nH]n2)c1. The standard InChI is InChI=1S/C20H17N5O3/c1-2-28-13-7-5-6-12(10-13)16-11-17(23-22-16)19(26)25-24-18-14-8-3-4-9-15(14)21-20(18)27/h3-11,21,27H,2H2,1H3,(H,22,23). The van der Waals surface area contributed by atoms with E-state index in [1.165, 1.54) is 0 Å². The highest BCUT2D eigenvalue weighted by molar-refractivity contribution is 5.96.